The second-order valence-electron chi connectivity index (χ2n) is 13.5. The molecule has 6 atom stereocenters. The first-order valence-electron chi connectivity index (χ1n) is 15.9. The molecule has 5 aliphatic heterocycles. The summed E-state index contributed by atoms with van der Waals surface area (Å²) in [4.78, 5) is 102. The number of β-lactam (4-membered cyclic amide) rings is 2. The number of hydrogen-bond donors (Lipinski definition) is 2. The van der Waals surface area contributed by atoms with Crippen molar-refractivity contribution in [2.24, 2.45) is 0 Å². The molecule has 0 spiro atoms. The Kier molecular flexibility index (Phi) is 13.6. The number of rotatable bonds is 7. The normalized spacial score (nSPS) is 27.6. The van der Waals surface area contributed by atoms with E-state index in [1.807, 2.05) is 0 Å². The van der Waals surface area contributed by atoms with Crippen LogP contribution in [-0.2, 0) is 43.4 Å². The van der Waals surface area contributed by atoms with Gasteiger partial charge in [-0.25, -0.2) is 13.2 Å². The van der Waals surface area contributed by atoms with E-state index in [2.05, 4.69) is 10.6 Å². The minimum absolute atomic E-state index is 0. The van der Waals surface area contributed by atoms with Crippen LogP contribution in [0.4, 0.5) is 4.79 Å². The molecular weight excluding hydrogens is 758 g/mol. The molecule has 6 rings (SSSR count). The molecule has 5 saturated heterocycles. The van der Waals surface area contributed by atoms with Gasteiger partial charge in [0.05, 0.1) is 35.2 Å². The van der Waals surface area contributed by atoms with Crippen molar-refractivity contribution >= 4 is 69.1 Å². The Morgan fingerprint density at radius 1 is 0.906 bits per heavy atom. The molecule has 0 radical (unpaired) electrons. The number of nitrogens with zero attached hydrogens (tertiary/aromatic N) is 4. The molecule has 2 N–H and O–H groups in total. The number of carboxylic acids is 2. The second-order valence-corrected chi connectivity index (χ2v) is 18.0. The van der Waals surface area contributed by atoms with Gasteiger partial charge in [-0.15, -0.1) is 11.8 Å². The van der Waals surface area contributed by atoms with E-state index in [0.29, 0.717) is 12.1 Å². The van der Waals surface area contributed by atoms with Gasteiger partial charge in [-0.1, -0.05) is 30.3 Å². The van der Waals surface area contributed by atoms with Crippen molar-refractivity contribution in [3.63, 3.8) is 0 Å². The van der Waals surface area contributed by atoms with Crippen LogP contribution < -0.4 is 80.0 Å². The summed E-state index contributed by atoms with van der Waals surface area (Å²) in [6.07, 6.45) is -0.116. The Morgan fingerprint density at radius 2 is 1.49 bits per heavy atom. The van der Waals surface area contributed by atoms with E-state index in [1.165, 1.54) is 35.4 Å². The predicted octanol–water partition coefficient (Wildman–Crippen LogP) is -9.70. The number of hydrogen-bond acceptors (Lipinski definition) is 13. The van der Waals surface area contributed by atoms with E-state index in [4.69, 9.17) is 0 Å². The van der Waals surface area contributed by atoms with E-state index >= 15 is 0 Å². The third kappa shape index (κ3) is 7.61. The van der Waals surface area contributed by atoms with Gasteiger partial charge in [-0.2, -0.15) is 0 Å². The standard InChI is InChI=1S/C23H27N5O7S.C8H11NO5S.2Na/c1-4-26-10-11-27(19(32)18(26)31)22(35)25-13(12-8-6-5-7-9-12)16(29)24-14-17(30)28-15(21(33)34)23(2,3)36-20(14)28;1-8(2)6(7(11)12)9-4(10)3-5(9)15(8,13)14;;/h5-9,13-15,20H,4,10-11H2,1-3H3,(H,24,29)(H,25,35)(H,33,34);5-6H,3H2,1-2H3,(H,11,12);;/q;;2*+1/p-2/t13-,14-,15+,20-;5-,6+;;/m11../s1. The van der Waals surface area contributed by atoms with Crippen LogP contribution in [0, 0.1) is 0 Å². The van der Waals surface area contributed by atoms with Crippen LogP contribution >= 0.6 is 11.8 Å². The zero-order chi connectivity index (χ0) is 38.0. The largest absolute Gasteiger partial charge is 1.00 e. The Bertz CT molecular complexity index is 1830. The Morgan fingerprint density at radius 3 is 2.00 bits per heavy atom. The number of nitrogens with one attached hydrogen (secondary N) is 2. The molecule has 0 unspecified atom stereocenters. The number of carbonyl (C=O) groups excluding carboxylic acids is 8. The van der Waals surface area contributed by atoms with Crippen molar-refractivity contribution in [1.29, 1.82) is 0 Å². The van der Waals surface area contributed by atoms with Gasteiger partial charge in [-0.05, 0) is 40.2 Å². The first-order chi connectivity index (χ1) is 23.7. The zero-order valence-corrected chi connectivity index (χ0v) is 35.8. The van der Waals surface area contributed by atoms with Crippen LogP contribution in [0.25, 0.3) is 0 Å². The van der Waals surface area contributed by atoms with Gasteiger partial charge in [0, 0.05) is 24.4 Å². The molecule has 7 amide bonds. The van der Waals surface area contributed by atoms with Crippen LogP contribution in [0.2, 0.25) is 0 Å². The van der Waals surface area contributed by atoms with Gasteiger partial charge in [0.25, 0.3) is 0 Å². The molecule has 5 aliphatic rings. The number of aliphatic carboxylic acids is 2. The fourth-order valence-corrected chi connectivity index (χ4v) is 10.6. The van der Waals surface area contributed by atoms with Crippen LogP contribution in [-0.4, -0.2) is 134 Å². The molecule has 5 heterocycles. The van der Waals surface area contributed by atoms with Crippen molar-refractivity contribution in [2.75, 3.05) is 19.6 Å². The molecule has 0 bridgehead atoms. The zero-order valence-electron chi connectivity index (χ0n) is 30.2. The summed E-state index contributed by atoms with van der Waals surface area (Å²) in [7, 11) is -3.61. The molecule has 0 aromatic heterocycles. The Hall–Kier alpha value is -2.72. The number of carboxylic acid groups (broad SMARTS) is 2. The van der Waals surface area contributed by atoms with Crippen LogP contribution in [0.3, 0.4) is 0 Å². The number of benzene rings is 1. The summed E-state index contributed by atoms with van der Waals surface area (Å²) in [5.74, 6) is -6.39. The van der Waals surface area contributed by atoms with Gasteiger partial charge >= 0.3 is 77.0 Å². The van der Waals surface area contributed by atoms with E-state index in [-0.39, 0.29) is 78.6 Å². The number of thioether (sulfide) groups is 1. The molecule has 0 saturated carbocycles. The maximum atomic E-state index is 13.3. The van der Waals surface area contributed by atoms with Crippen molar-refractivity contribution in [2.45, 2.75) is 85.4 Å². The maximum absolute atomic E-state index is 13.3. The van der Waals surface area contributed by atoms with Crippen LogP contribution in [0.5, 0.6) is 0 Å². The van der Waals surface area contributed by atoms with Crippen molar-refractivity contribution < 1.29 is 116 Å². The van der Waals surface area contributed by atoms with Crippen molar-refractivity contribution in [1.82, 2.24) is 30.2 Å². The monoisotopic (exact) mass is 794 g/mol. The van der Waals surface area contributed by atoms with Gasteiger partial charge in [-0.3, -0.25) is 28.9 Å². The summed E-state index contributed by atoms with van der Waals surface area (Å²) in [6.45, 7) is 8.20. The average Bonchev–Trinajstić information content (AvgIpc) is 3.39. The minimum atomic E-state index is -3.61. The van der Waals surface area contributed by atoms with Crippen LogP contribution in [0.1, 0.15) is 52.6 Å². The topological polar surface area (TPSA) is 254 Å². The Labute approximate surface area is 353 Å². The fraction of sp³-hybridized carbons (Fsp3) is 0.548. The van der Waals surface area contributed by atoms with Crippen molar-refractivity contribution in [3.8, 4) is 0 Å². The Balaban J connectivity index is 0.000000373. The third-order valence-corrected chi connectivity index (χ3v) is 14.1. The molecule has 0 aliphatic carbocycles. The number of sulfone groups is 1. The quantitative estimate of drug-likeness (QED) is 0.148. The molecular formula is C31H36N6Na2O12S2. The molecule has 276 valence electrons. The maximum Gasteiger partial charge on any atom is 1.00 e. The SMILES string of the molecule is CC1(C)[C@H](C(=O)[O-])N2C(=O)C[C@H]2S1(=O)=O.CCN1CCN(C(=O)N[C@@H](C(=O)N[C@@H]2C(=O)N3[C@@H]2SC(C)(C)[C@@H]3C(=O)[O-])c2ccccc2)C(=O)C1=O.[Na+].[Na+]. The first kappa shape index (κ1) is 44.7. The predicted molar refractivity (Wildman–Crippen MR) is 172 cm³/mol. The minimum Gasteiger partial charge on any atom is -0.548 e. The van der Waals surface area contributed by atoms with E-state index in [1.54, 1.807) is 51.1 Å². The van der Waals surface area contributed by atoms with Gasteiger partial charge in [0.2, 0.25) is 17.7 Å². The molecule has 53 heavy (non-hydrogen) atoms. The smallest absolute Gasteiger partial charge is 0.548 e. The van der Waals surface area contributed by atoms with Gasteiger partial charge in [0.15, 0.2) is 9.84 Å². The van der Waals surface area contributed by atoms with E-state index in [0.717, 1.165) is 9.80 Å². The number of fused-ring (bicyclic) bond motifs is 2. The number of piperazine rings is 1. The first-order valence-corrected chi connectivity index (χ1v) is 18.3. The van der Waals surface area contributed by atoms with Gasteiger partial charge < -0.3 is 45.1 Å². The number of urea groups is 1. The van der Waals surface area contributed by atoms with E-state index in [9.17, 15) is 57.0 Å². The van der Waals surface area contributed by atoms with Crippen LogP contribution in [0.15, 0.2) is 30.3 Å². The summed E-state index contributed by atoms with van der Waals surface area (Å²) in [5, 5.41) is 26.0. The molecule has 1 aromatic carbocycles. The number of carbonyl (C=O) groups is 8. The number of amides is 7. The fourth-order valence-electron chi connectivity index (χ4n) is 6.89. The molecule has 5 fully saturated rings. The summed E-state index contributed by atoms with van der Waals surface area (Å²) < 4.78 is 21.4. The summed E-state index contributed by atoms with van der Waals surface area (Å²) in [5.41, 5.74) is 0.393. The molecule has 1 aromatic rings. The molecule has 18 nitrogen and oxygen atoms in total. The summed E-state index contributed by atoms with van der Waals surface area (Å²) in [6, 6.07) is 2.55. The van der Waals surface area contributed by atoms with Gasteiger partial charge in [0.1, 0.15) is 22.8 Å². The second kappa shape index (κ2) is 16.2. The van der Waals surface area contributed by atoms with Crippen molar-refractivity contribution in [3.05, 3.63) is 35.9 Å². The number of likely N-dealkylation sites (N-methyl/N-ethyl adjacent to an activating group) is 1. The average molecular weight is 795 g/mol. The number of imide groups is 1. The summed E-state index contributed by atoms with van der Waals surface area (Å²) >= 11 is 1.24. The third-order valence-electron chi connectivity index (χ3n) is 9.76. The van der Waals surface area contributed by atoms with E-state index < -0.39 is 102 Å². The molecule has 22 heteroatoms.